The van der Waals surface area contributed by atoms with Gasteiger partial charge >= 0.3 is 0 Å². The molecule has 0 aliphatic heterocycles. The van der Waals surface area contributed by atoms with Crippen molar-refractivity contribution in [3.05, 3.63) is 24.5 Å². The molecule has 0 aliphatic rings. The van der Waals surface area contributed by atoms with E-state index >= 15 is 0 Å². The third kappa shape index (κ3) is 4.00. The first kappa shape index (κ1) is 6.00. The first-order chi connectivity index (χ1) is 2.91. The molecular formula is C4H5PS. The highest BCUT2D eigenvalue weighted by molar-refractivity contribution is 7.97. The topological polar surface area (TPSA) is 0 Å². The van der Waals surface area contributed by atoms with Gasteiger partial charge in [0.05, 0.1) is 0 Å². The van der Waals surface area contributed by atoms with Crippen molar-refractivity contribution in [1.82, 2.24) is 0 Å². The van der Waals surface area contributed by atoms with Crippen LogP contribution in [0, 0.1) is 0 Å². The zero-order chi connectivity index (χ0) is 4.83. The zero-order valence-electron chi connectivity index (χ0n) is 3.29. The molecule has 0 N–H and O–H groups in total. The van der Waals surface area contributed by atoms with E-state index in [4.69, 9.17) is 0 Å². The molecule has 0 atom stereocenters. The van der Waals surface area contributed by atoms with Crippen LogP contribution in [0.15, 0.2) is 24.5 Å². The minimum atomic E-state index is 0.877. The second kappa shape index (κ2) is 5.00. The first-order valence-corrected chi connectivity index (χ1v) is 3.49. The molecule has 0 nitrogen and oxygen atoms in total. The molecule has 0 amide bonds. The van der Waals surface area contributed by atoms with Gasteiger partial charge in [-0.25, -0.2) is 0 Å². The van der Waals surface area contributed by atoms with Crippen molar-refractivity contribution in [2.75, 3.05) is 0 Å². The molecule has 0 heterocycles. The number of allylic oxidation sites excluding steroid dienone is 2. The molecule has 6 heavy (non-hydrogen) atoms. The fourth-order valence-electron chi connectivity index (χ4n) is 0.0960. The lowest BCUT2D eigenvalue weighted by molar-refractivity contribution is 2.12. The van der Waals surface area contributed by atoms with Gasteiger partial charge in [-0.05, 0) is 5.82 Å². The van der Waals surface area contributed by atoms with E-state index in [0.717, 1.165) is 7.36 Å². The van der Waals surface area contributed by atoms with Gasteiger partial charge in [-0.2, -0.15) is 0 Å². The number of rotatable bonds is 2. The maximum absolute atomic E-state index is 4.56. The molecule has 32 valence electrons. The molecular weight excluding hydrogens is 111 g/mol. The summed E-state index contributed by atoms with van der Waals surface area (Å²) in [7, 11) is 0.877. The summed E-state index contributed by atoms with van der Waals surface area (Å²) in [5.41, 5.74) is 0. The van der Waals surface area contributed by atoms with Gasteiger partial charge in [-0.1, -0.05) is 30.5 Å². The molecule has 0 saturated carbocycles. The van der Waals surface area contributed by atoms with Gasteiger partial charge in [-0.15, -0.1) is 0 Å². The van der Waals surface area contributed by atoms with Crippen LogP contribution in [0.25, 0.3) is 0 Å². The van der Waals surface area contributed by atoms with Gasteiger partial charge < -0.3 is 0 Å². The third-order valence-electron chi connectivity index (χ3n) is 0.283. The van der Waals surface area contributed by atoms with Crippen LogP contribution in [0.4, 0.5) is 0 Å². The summed E-state index contributed by atoms with van der Waals surface area (Å²) in [6.07, 6.45) is 3.54. The number of hydrogen-bond acceptors (Lipinski definition) is 1. The molecule has 0 aromatic rings. The summed E-state index contributed by atoms with van der Waals surface area (Å²) in [5, 5.41) is 0. The molecule has 0 aromatic heterocycles. The molecule has 0 unspecified atom stereocenters. The highest BCUT2D eigenvalue weighted by Gasteiger charge is 1.50. The minimum absolute atomic E-state index is 0.877. The molecule has 0 radical (unpaired) electrons. The van der Waals surface area contributed by atoms with Crippen molar-refractivity contribution in [3.8, 4) is 0 Å². The Morgan fingerprint density at radius 2 is 2.33 bits per heavy atom. The molecule has 2 heteroatoms. The largest absolute Gasteiger partial charge is 0.0991 e. The Labute approximate surface area is 44.4 Å². The van der Waals surface area contributed by atoms with Crippen molar-refractivity contribution < 1.29 is 0 Å². The smallest absolute Gasteiger partial charge is 0.00179 e. The van der Waals surface area contributed by atoms with Crippen LogP contribution in [-0.4, -0.2) is 0 Å². The first-order valence-electron chi connectivity index (χ1n) is 1.52. The Balaban J connectivity index is 3.17. The molecule has 0 rings (SSSR count). The van der Waals surface area contributed by atoms with Crippen LogP contribution in [-0.2, 0) is 11.8 Å². The quantitative estimate of drug-likeness (QED) is 0.393. The summed E-state index contributed by atoms with van der Waals surface area (Å²) < 4.78 is 0. The second-order valence-corrected chi connectivity index (χ2v) is 1.82. The monoisotopic (exact) mass is 116 g/mol. The van der Waals surface area contributed by atoms with Crippen molar-refractivity contribution in [1.29, 1.82) is 0 Å². The lowest BCUT2D eigenvalue weighted by Gasteiger charge is -1.58. The average Bonchev–Trinajstić information content (AvgIpc) is 1.61. The van der Waals surface area contributed by atoms with Crippen LogP contribution in [0.5, 0.6) is 0 Å². The van der Waals surface area contributed by atoms with Gasteiger partial charge in [0.25, 0.3) is 0 Å². The van der Waals surface area contributed by atoms with E-state index in [1.807, 2.05) is 11.9 Å². The van der Waals surface area contributed by atoms with Gasteiger partial charge in [0, 0.05) is 7.36 Å². The molecule has 0 aliphatic carbocycles. The second-order valence-electron chi connectivity index (χ2n) is 0.683. The Hall–Kier alpha value is -0.0000000000000000278. The minimum Gasteiger partial charge on any atom is -0.0991 e. The van der Waals surface area contributed by atoms with Gasteiger partial charge in [0.15, 0.2) is 0 Å². The molecule has 0 saturated heterocycles. The summed E-state index contributed by atoms with van der Waals surface area (Å²) in [5.74, 6) is 1.85. The van der Waals surface area contributed by atoms with E-state index in [-0.39, 0.29) is 0 Å². The SMILES string of the molecule is C=CC=CP=S. The summed E-state index contributed by atoms with van der Waals surface area (Å²) in [4.78, 5) is 0. The Kier molecular flexibility index (Phi) is 5.00. The molecule has 0 bridgehead atoms. The summed E-state index contributed by atoms with van der Waals surface area (Å²) >= 11 is 4.56. The van der Waals surface area contributed by atoms with Crippen LogP contribution in [0.1, 0.15) is 0 Å². The van der Waals surface area contributed by atoms with Gasteiger partial charge in [0.2, 0.25) is 0 Å². The van der Waals surface area contributed by atoms with E-state index in [9.17, 15) is 0 Å². The Bertz CT molecular complexity index is 65.6. The van der Waals surface area contributed by atoms with E-state index in [0.29, 0.717) is 0 Å². The predicted octanol–water partition coefficient (Wildman–Crippen LogP) is 2.09. The third-order valence-corrected chi connectivity index (χ3v) is 0.942. The predicted molar refractivity (Wildman–Crippen MR) is 33.6 cm³/mol. The lowest BCUT2D eigenvalue weighted by Crippen LogP contribution is -1.30. The molecule has 0 spiro atoms. The van der Waals surface area contributed by atoms with Crippen LogP contribution in [0.2, 0.25) is 0 Å². The van der Waals surface area contributed by atoms with Gasteiger partial charge in [0.1, 0.15) is 0 Å². The Morgan fingerprint density at radius 1 is 1.67 bits per heavy atom. The fraction of sp³-hybridized carbons (Fsp3) is 0. The van der Waals surface area contributed by atoms with Crippen LogP contribution < -0.4 is 0 Å². The van der Waals surface area contributed by atoms with Crippen molar-refractivity contribution in [2.45, 2.75) is 0 Å². The van der Waals surface area contributed by atoms with E-state index in [2.05, 4.69) is 18.4 Å². The standard InChI is InChI=1S/C4H5PS/c1-2-3-4-5-6/h2-4H,1H2. The Morgan fingerprint density at radius 3 is 2.50 bits per heavy atom. The van der Waals surface area contributed by atoms with E-state index in [1.165, 1.54) is 0 Å². The van der Waals surface area contributed by atoms with Crippen LogP contribution in [0.3, 0.4) is 0 Å². The normalized spacial score (nSPS) is 10.0. The van der Waals surface area contributed by atoms with Crippen molar-refractivity contribution >= 4 is 19.2 Å². The average molecular weight is 116 g/mol. The summed E-state index contributed by atoms with van der Waals surface area (Å²) in [6.45, 7) is 3.46. The lowest BCUT2D eigenvalue weighted by atomic mass is 10.6. The maximum Gasteiger partial charge on any atom is 0.00179 e. The van der Waals surface area contributed by atoms with E-state index in [1.54, 1.807) is 6.08 Å². The van der Waals surface area contributed by atoms with Gasteiger partial charge in [-0.3, -0.25) is 0 Å². The highest BCUT2D eigenvalue weighted by Crippen LogP contribution is 1.91. The van der Waals surface area contributed by atoms with Crippen LogP contribution >= 0.6 is 7.36 Å². The highest BCUT2D eigenvalue weighted by atomic mass is 32.4. The van der Waals surface area contributed by atoms with Crippen molar-refractivity contribution in [3.63, 3.8) is 0 Å². The zero-order valence-corrected chi connectivity index (χ0v) is 5.01. The molecule has 0 aromatic carbocycles. The molecule has 0 fully saturated rings. The summed E-state index contributed by atoms with van der Waals surface area (Å²) in [6, 6.07) is 0. The number of hydrogen-bond donors (Lipinski definition) is 0. The maximum atomic E-state index is 4.56. The fourth-order valence-corrected chi connectivity index (χ4v) is 0.499. The van der Waals surface area contributed by atoms with E-state index < -0.39 is 0 Å². The van der Waals surface area contributed by atoms with Crippen molar-refractivity contribution in [2.24, 2.45) is 0 Å².